The minimum absolute atomic E-state index is 0.0870. The molecule has 0 radical (unpaired) electrons. The molecule has 2 rings (SSSR count). The number of carbonyl (C=O) groups is 1. The van der Waals surface area contributed by atoms with Gasteiger partial charge < -0.3 is 5.32 Å². The standard InChI is InChI=1S/C15H14BrNO/c1-11-3-2-4-14(9-11)17-10-15(18)12-5-7-13(16)8-6-12/h2-9,17H,10H2,1H3. The van der Waals surface area contributed by atoms with Crippen molar-refractivity contribution in [3.63, 3.8) is 0 Å². The number of rotatable bonds is 4. The molecule has 0 aromatic heterocycles. The summed E-state index contributed by atoms with van der Waals surface area (Å²) in [5.41, 5.74) is 2.87. The lowest BCUT2D eigenvalue weighted by molar-refractivity contribution is 0.101. The van der Waals surface area contributed by atoms with E-state index in [0.29, 0.717) is 6.54 Å². The maximum atomic E-state index is 11.9. The lowest BCUT2D eigenvalue weighted by atomic mass is 10.1. The summed E-state index contributed by atoms with van der Waals surface area (Å²) >= 11 is 3.35. The maximum absolute atomic E-state index is 11.9. The van der Waals surface area contributed by atoms with E-state index in [1.807, 2.05) is 55.5 Å². The molecule has 0 unspecified atom stereocenters. The number of benzene rings is 2. The quantitative estimate of drug-likeness (QED) is 0.863. The van der Waals surface area contributed by atoms with Crippen LogP contribution in [0.3, 0.4) is 0 Å². The second-order valence-electron chi connectivity index (χ2n) is 4.15. The van der Waals surface area contributed by atoms with Gasteiger partial charge in [0.05, 0.1) is 6.54 Å². The van der Waals surface area contributed by atoms with Crippen molar-refractivity contribution >= 4 is 27.4 Å². The highest BCUT2D eigenvalue weighted by atomic mass is 79.9. The number of hydrogen-bond acceptors (Lipinski definition) is 2. The molecule has 0 aliphatic carbocycles. The molecule has 0 atom stereocenters. The van der Waals surface area contributed by atoms with Crippen molar-refractivity contribution < 1.29 is 4.79 Å². The van der Waals surface area contributed by atoms with Crippen LogP contribution in [0.1, 0.15) is 15.9 Å². The van der Waals surface area contributed by atoms with Gasteiger partial charge in [0, 0.05) is 15.7 Å². The van der Waals surface area contributed by atoms with Gasteiger partial charge in [0.1, 0.15) is 0 Å². The average molecular weight is 304 g/mol. The largest absolute Gasteiger partial charge is 0.378 e. The molecule has 3 heteroatoms. The van der Waals surface area contributed by atoms with E-state index in [9.17, 15) is 4.79 Å². The second kappa shape index (κ2) is 5.83. The van der Waals surface area contributed by atoms with Crippen LogP contribution in [-0.4, -0.2) is 12.3 Å². The number of aryl methyl sites for hydroxylation is 1. The first-order valence-electron chi connectivity index (χ1n) is 5.74. The van der Waals surface area contributed by atoms with E-state index >= 15 is 0 Å². The van der Waals surface area contributed by atoms with Crippen LogP contribution < -0.4 is 5.32 Å². The molecule has 2 aromatic carbocycles. The van der Waals surface area contributed by atoms with Gasteiger partial charge in [-0.1, -0.05) is 40.2 Å². The molecular formula is C15H14BrNO. The normalized spacial score (nSPS) is 10.1. The number of anilines is 1. The van der Waals surface area contributed by atoms with Gasteiger partial charge in [-0.3, -0.25) is 4.79 Å². The van der Waals surface area contributed by atoms with Gasteiger partial charge in [-0.05, 0) is 36.8 Å². The summed E-state index contributed by atoms with van der Waals surface area (Å²) in [5.74, 6) is 0.0870. The van der Waals surface area contributed by atoms with Gasteiger partial charge in [-0.2, -0.15) is 0 Å². The van der Waals surface area contributed by atoms with E-state index < -0.39 is 0 Å². The van der Waals surface area contributed by atoms with Crippen molar-refractivity contribution in [3.8, 4) is 0 Å². The second-order valence-corrected chi connectivity index (χ2v) is 5.07. The number of Topliss-reactive ketones (excluding diaryl/α,β-unsaturated/α-hetero) is 1. The third kappa shape index (κ3) is 3.44. The van der Waals surface area contributed by atoms with Crippen LogP contribution in [0.5, 0.6) is 0 Å². The van der Waals surface area contributed by atoms with E-state index in [1.165, 1.54) is 5.56 Å². The molecule has 2 aromatic rings. The fourth-order valence-electron chi connectivity index (χ4n) is 1.68. The summed E-state index contributed by atoms with van der Waals surface area (Å²) in [7, 11) is 0. The predicted molar refractivity (Wildman–Crippen MR) is 78.1 cm³/mol. The molecule has 1 N–H and O–H groups in total. The number of hydrogen-bond donors (Lipinski definition) is 1. The van der Waals surface area contributed by atoms with Crippen LogP contribution in [0, 0.1) is 6.92 Å². The molecule has 0 saturated heterocycles. The lowest BCUT2D eigenvalue weighted by Crippen LogP contribution is -2.13. The Morgan fingerprint density at radius 3 is 2.56 bits per heavy atom. The first kappa shape index (κ1) is 12.8. The summed E-state index contributed by atoms with van der Waals surface area (Å²) < 4.78 is 0.977. The SMILES string of the molecule is Cc1cccc(NCC(=O)c2ccc(Br)cc2)c1. The van der Waals surface area contributed by atoms with Crippen LogP contribution in [0.15, 0.2) is 53.0 Å². The number of nitrogens with one attached hydrogen (secondary N) is 1. The Morgan fingerprint density at radius 2 is 1.89 bits per heavy atom. The summed E-state index contributed by atoms with van der Waals surface area (Å²) in [6.07, 6.45) is 0. The lowest BCUT2D eigenvalue weighted by Gasteiger charge is -2.06. The van der Waals surface area contributed by atoms with Gasteiger partial charge in [0.15, 0.2) is 5.78 Å². The zero-order valence-corrected chi connectivity index (χ0v) is 11.7. The van der Waals surface area contributed by atoms with Crippen molar-refractivity contribution in [2.45, 2.75) is 6.92 Å². The third-order valence-corrected chi connectivity index (χ3v) is 3.17. The van der Waals surface area contributed by atoms with E-state index in [-0.39, 0.29) is 5.78 Å². The summed E-state index contributed by atoms with van der Waals surface area (Å²) in [4.78, 5) is 11.9. The topological polar surface area (TPSA) is 29.1 Å². The highest BCUT2D eigenvalue weighted by molar-refractivity contribution is 9.10. The molecule has 0 fully saturated rings. The van der Waals surface area contributed by atoms with Gasteiger partial charge in [-0.25, -0.2) is 0 Å². The van der Waals surface area contributed by atoms with Gasteiger partial charge in [0.2, 0.25) is 0 Å². The predicted octanol–water partition coefficient (Wildman–Crippen LogP) is 4.05. The Hall–Kier alpha value is -1.61. The summed E-state index contributed by atoms with van der Waals surface area (Å²) in [6, 6.07) is 15.4. The van der Waals surface area contributed by atoms with E-state index in [4.69, 9.17) is 0 Å². The van der Waals surface area contributed by atoms with E-state index in [0.717, 1.165) is 15.7 Å². The minimum Gasteiger partial charge on any atom is -0.378 e. The monoisotopic (exact) mass is 303 g/mol. The molecular weight excluding hydrogens is 290 g/mol. The van der Waals surface area contributed by atoms with Crippen molar-refractivity contribution in [3.05, 3.63) is 64.1 Å². The Morgan fingerprint density at radius 1 is 1.17 bits per heavy atom. The Balaban J connectivity index is 1.98. The Kier molecular flexibility index (Phi) is 4.15. The fraction of sp³-hybridized carbons (Fsp3) is 0.133. The molecule has 92 valence electrons. The van der Waals surface area contributed by atoms with Crippen LogP contribution in [0.4, 0.5) is 5.69 Å². The maximum Gasteiger partial charge on any atom is 0.181 e. The van der Waals surface area contributed by atoms with Gasteiger partial charge >= 0.3 is 0 Å². The molecule has 2 nitrogen and oxygen atoms in total. The van der Waals surface area contributed by atoms with E-state index in [1.54, 1.807) is 0 Å². The molecule has 0 bridgehead atoms. The Bertz CT molecular complexity index is 549. The average Bonchev–Trinajstić information content (AvgIpc) is 2.37. The van der Waals surface area contributed by atoms with Gasteiger partial charge in [-0.15, -0.1) is 0 Å². The van der Waals surface area contributed by atoms with Crippen molar-refractivity contribution in [2.24, 2.45) is 0 Å². The first-order chi connectivity index (χ1) is 8.65. The number of carbonyl (C=O) groups excluding carboxylic acids is 1. The van der Waals surface area contributed by atoms with Crippen LogP contribution in [0.2, 0.25) is 0 Å². The molecule has 0 heterocycles. The van der Waals surface area contributed by atoms with Crippen LogP contribution in [0.25, 0.3) is 0 Å². The molecule has 0 saturated carbocycles. The molecule has 18 heavy (non-hydrogen) atoms. The molecule has 0 aliphatic heterocycles. The van der Waals surface area contributed by atoms with Crippen LogP contribution >= 0.6 is 15.9 Å². The van der Waals surface area contributed by atoms with Crippen LogP contribution in [-0.2, 0) is 0 Å². The van der Waals surface area contributed by atoms with Crippen molar-refractivity contribution in [1.29, 1.82) is 0 Å². The third-order valence-electron chi connectivity index (χ3n) is 2.64. The Labute approximate surface area is 115 Å². The fourth-order valence-corrected chi connectivity index (χ4v) is 1.94. The highest BCUT2D eigenvalue weighted by Gasteiger charge is 2.05. The zero-order valence-electron chi connectivity index (χ0n) is 10.1. The van der Waals surface area contributed by atoms with Crippen molar-refractivity contribution in [1.82, 2.24) is 0 Å². The van der Waals surface area contributed by atoms with Gasteiger partial charge in [0.25, 0.3) is 0 Å². The smallest absolute Gasteiger partial charge is 0.181 e. The summed E-state index contributed by atoms with van der Waals surface area (Å²) in [5, 5.41) is 3.14. The van der Waals surface area contributed by atoms with E-state index in [2.05, 4.69) is 21.2 Å². The molecule has 0 aliphatic rings. The first-order valence-corrected chi connectivity index (χ1v) is 6.54. The molecule has 0 spiro atoms. The highest BCUT2D eigenvalue weighted by Crippen LogP contribution is 2.12. The molecule has 0 amide bonds. The summed E-state index contributed by atoms with van der Waals surface area (Å²) in [6.45, 7) is 2.34. The minimum atomic E-state index is 0.0870. The van der Waals surface area contributed by atoms with Crippen molar-refractivity contribution in [2.75, 3.05) is 11.9 Å². The number of ketones is 1. The zero-order chi connectivity index (χ0) is 13.0. The number of halogens is 1.